The van der Waals surface area contributed by atoms with Gasteiger partial charge in [0.2, 0.25) is 0 Å². The number of rotatable bonds is 2. The number of aromatic nitrogens is 2. The molecule has 3 nitrogen and oxygen atoms in total. The van der Waals surface area contributed by atoms with E-state index in [4.69, 9.17) is 14.4 Å². The second-order valence-corrected chi connectivity index (χ2v) is 11.8. The molecule has 0 fully saturated rings. The van der Waals surface area contributed by atoms with E-state index in [1.54, 1.807) is 0 Å². The lowest BCUT2D eigenvalue weighted by Crippen LogP contribution is -2.14. The summed E-state index contributed by atoms with van der Waals surface area (Å²) in [7, 11) is 0. The molecule has 42 heavy (non-hydrogen) atoms. The van der Waals surface area contributed by atoms with Crippen molar-refractivity contribution in [1.82, 2.24) is 9.97 Å². The maximum absolute atomic E-state index is 6.53. The molecule has 0 N–H and O–H groups in total. The number of hydrogen-bond donors (Lipinski definition) is 0. The summed E-state index contributed by atoms with van der Waals surface area (Å²) < 4.78 is 6.53. The molecule has 1 aliphatic carbocycles. The van der Waals surface area contributed by atoms with E-state index in [-0.39, 0.29) is 5.41 Å². The van der Waals surface area contributed by atoms with Gasteiger partial charge < -0.3 is 4.42 Å². The number of benzene rings is 6. The summed E-state index contributed by atoms with van der Waals surface area (Å²) in [5.74, 6) is 0.700. The van der Waals surface area contributed by atoms with Crippen LogP contribution >= 0.6 is 0 Å². The molecule has 198 valence electrons. The van der Waals surface area contributed by atoms with Gasteiger partial charge in [-0.05, 0) is 63.4 Å². The van der Waals surface area contributed by atoms with Gasteiger partial charge in [0.1, 0.15) is 11.2 Å². The average molecular weight is 539 g/mol. The zero-order valence-corrected chi connectivity index (χ0v) is 23.3. The van der Waals surface area contributed by atoms with E-state index in [9.17, 15) is 0 Å². The molecule has 6 aromatic carbocycles. The van der Waals surface area contributed by atoms with Gasteiger partial charge in [0.15, 0.2) is 5.82 Å². The molecular weight excluding hydrogens is 512 g/mol. The van der Waals surface area contributed by atoms with Crippen LogP contribution < -0.4 is 0 Å². The average Bonchev–Trinajstić information content (AvgIpc) is 3.51. The number of para-hydroxylation sites is 1. The second kappa shape index (κ2) is 8.37. The Hall–Kier alpha value is -5.28. The van der Waals surface area contributed by atoms with Crippen LogP contribution in [0.3, 0.4) is 0 Å². The first-order valence-electron chi connectivity index (χ1n) is 14.4. The van der Waals surface area contributed by atoms with Gasteiger partial charge in [0.25, 0.3) is 0 Å². The van der Waals surface area contributed by atoms with Gasteiger partial charge in [-0.2, -0.15) is 0 Å². The van der Waals surface area contributed by atoms with Crippen LogP contribution in [0.4, 0.5) is 0 Å². The minimum absolute atomic E-state index is 0.0852. The van der Waals surface area contributed by atoms with Crippen LogP contribution in [-0.4, -0.2) is 9.97 Å². The molecule has 2 aromatic heterocycles. The molecule has 0 spiro atoms. The van der Waals surface area contributed by atoms with Gasteiger partial charge >= 0.3 is 0 Å². The number of fused-ring (bicyclic) bond motifs is 8. The Morgan fingerprint density at radius 2 is 1.33 bits per heavy atom. The van der Waals surface area contributed by atoms with Crippen molar-refractivity contribution in [3.05, 3.63) is 132 Å². The molecule has 0 unspecified atom stereocenters. The van der Waals surface area contributed by atoms with Crippen molar-refractivity contribution in [3.63, 3.8) is 0 Å². The quantitative estimate of drug-likeness (QED) is 0.220. The molecule has 0 bridgehead atoms. The Morgan fingerprint density at radius 1 is 0.548 bits per heavy atom. The summed E-state index contributed by atoms with van der Waals surface area (Å²) in [4.78, 5) is 10.4. The van der Waals surface area contributed by atoms with Crippen molar-refractivity contribution < 1.29 is 4.42 Å². The lowest BCUT2D eigenvalue weighted by Gasteiger charge is -2.21. The summed E-state index contributed by atoms with van der Waals surface area (Å²) >= 11 is 0. The van der Waals surface area contributed by atoms with Crippen molar-refractivity contribution in [2.24, 2.45) is 0 Å². The maximum atomic E-state index is 6.53. The second-order valence-electron chi connectivity index (χ2n) is 11.8. The monoisotopic (exact) mass is 538 g/mol. The molecule has 0 radical (unpaired) electrons. The highest BCUT2D eigenvalue weighted by Gasteiger charge is 2.36. The number of nitrogens with zero attached hydrogens (tertiary/aromatic N) is 2. The molecule has 0 aliphatic heterocycles. The van der Waals surface area contributed by atoms with Crippen molar-refractivity contribution in [1.29, 1.82) is 0 Å². The molecule has 0 atom stereocenters. The van der Waals surface area contributed by atoms with Gasteiger partial charge in [-0.3, -0.25) is 0 Å². The highest BCUT2D eigenvalue weighted by molar-refractivity contribution is 6.14. The third-order valence-electron chi connectivity index (χ3n) is 9.07. The summed E-state index contributed by atoms with van der Waals surface area (Å²) in [6, 6.07) is 42.8. The van der Waals surface area contributed by atoms with Gasteiger partial charge in [-0.15, -0.1) is 0 Å². The smallest absolute Gasteiger partial charge is 0.161 e. The Bertz CT molecular complexity index is 2400. The van der Waals surface area contributed by atoms with E-state index in [0.717, 1.165) is 49.7 Å². The summed E-state index contributed by atoms with van der Waals surface area (Å²) in [5, 5.41) is 5.59. The molecule has 9 rings (SSSR count). The zero-order valence-electron chi connectivity index (χ0n) is 23.3. The Balaban J connectivity index is 1.32. The highest BCUT2D eigenvalue weighted by Crippen LogP contribution is 2.51. The number of hydrogen-bond acceptors (Lipinski definition) is 3. The van der Waals surface area contributed by atoms with Gasteiger partial charge in [-0.1, -0.05) is 105 Å². The predicted molar refractivity (Wildman–Crippen MR) is 173 cm³/mol. The first-order chi connectivity index (χ1) is 20.6. The minimum atomic E-state index is -0.0852. The van der Waals surface area contributed by atoms with Crippen molar-refractivity contribution >= 4 is 43.6 Å². The summed E-state index contributed by atoms with van der Waals surface area (Å²) in [6.45, 7) is 4.60. The highest BCUT2D eigenvalue weighted by atomic mass is 16.3. The summed E-state index contributed by atoms with van der Waals surface area (Å²) in [6.07, 6.45) is 0. The van der Waals surface area contributed by atoms with Crippen molar-refractivity contribution in [3.8, 4) is 33.8 Å². The first-order valence-corrected chi connectivity index (χ1v) is 14.4. The zero-order chi connectivity index (χ0) is 28.0. The molecular formula is C39H26N2O. The lowest BCUT2D eigenvalue weighted by molar-refractivity contribution is 0.647. The van der Waals surface area contributed by atoms with Crippen LogP contribution in [0.5, 0.6) is 0 Å². The Morgan fingerprint density at radius 3 is 2.26 bits per heavy atom. The molecule has 0 amide bonds. The van der Waals surface area contributed by atoms with Crippen molar-refractivity contribution in [2.45, 2.75) is 19.3 Å². The van der Waals surface area contributed by atoms with E-state index >= 15 is 0 Å². The fourth-order valence-corrected chi connectivity index (χ4v) is 6.96. The fourth-order valence-electron chi connectivity index (χ4n) is 6.96. The van der Waals surface area contributed by atoms with Crippen LogP contribution in [0, 0.1) is 0 Å². The van der Waals surface area contributed by atoms with Gasteiger partial charge in [0, 0.05) is 32.7 Å². The van der Waals surface area contributed by atoms with Crippen molar-refractivity contribution in [2.75, 3.05) is 0 Å². The maximum Gasteiger partial charge on any atom is 0.161 e. The molecule has 0 saturated heterocycles. The van der Waals surface area contributed by atoms with E-state index in [2.05, 4.69) is 117 Å². The SMILES string of the molecule is CC1(C)c2ccccc2-c2cc3c(cc21)oc1cccc(-c2nc(-c4ccc5ccccc5c4)c4ccccc4n2)c13. The molecule has 8 aromatic rings. The van der Waals surface area contributed by atoms with Crippen LogP contribution in [0.25, 0.3) is 77.4 Å². The standard InChI is InChI=1S/C39H26N2O/c1-39(2)31-15-7-5-12-26(31)29-21-30-35(22-32(29)39)42-34-17-9-14-28(36(30)34)38-40-33-16-8-6-13-27(33)37(41-38)25-19-18-23-10-3-4-11-24(23)20-25/h3-22H,1-2H3. The first kappa shape index (κ1) is 23.4. The number of furan rings is 1. The Kier molecular flexibility index (Phi) is 4.67. The van der Waals surface area contributed by atoms with Crippen LogP contribution in [0.1, 0.15) is 25.0 Å². The van der Waals surface area contributed by atoms with E-state index in [1.807, 2.05) is 18.2 Å². The molecule has 0 saturated carbocycles. The molecule has 2 heterocycles. The normalized spacial score (nSPS) is 13.7. The van der Waals surface area contributed by atoms with E-state index in [0.29, 0.717) is 5.82 Å². The lowest BCUT2D eigenvalue weighted by atomic mass is 9.82. The molecule has 1 aliphatic rings. The van der Waals surface area contributed by atoms with E-state index in [1.165, 1.54) is 33.0 Å². The predicted octanol–water partition coefficient (Wildman–Crippen LogP) is 10.3. The van der Waals surface area contributed by atoms with Crippen LogP contribution in [-0.2, 0) is 5.41 Å². The minimum Gasteiger partial charge on any atom is -0.456 e. The topological polar surface area (TPSA) is 38.9 Å². The third-order valence-corrected chi connectivity index (χ3v) is 9.07. The third kappa shape index (κ3) is 3.22. The van der Waals surface area contributed by atoms with Gasteiger partial charge in [-0.25, -0.2) is 9.97 Å². The van der Waals surface area contributed by atoms with E-state index < -0.39 is 0 Å². The fraction of sp³-hybridized carbons (Fsp3) is 0.0769. The largest absolute Gasteiger partial charge is 0.456 e. The van der Waals surface area contributed by atoms with Crippen LogP contribution in [0.15, 0.2) is 126 Å². The van der Waals surface area contributed by atoms with Crippen LogP contribution in [0.2, 0.25) is 0 Å². The molecule has 3 heteroatoms. The van der Waals surface area contributed by atoms with Gasteiger partial charge in [0.05, 0.1) is 11.2 Å². The Labute approximate surface area is 243 Å². The summed E-state index contributed by atoms with van der Waals surface area (Å²) in [5.41, 5.74) is 10.8.